The first-order valence-electron chi connectivity index (χ1n) is 3.07. The van der Waals surface area contributed by atoms with Crippen LogP contribution in [-0.2, 0) is 0 Å². The summed E-state index contributed by atoms with van der Waals surface area (Å²) in [6.45, 7) is 3.25. The van der Waals surface area contributed by atoms with Crippen LogP contribution in [-0.4, -0.2) is 5.11 Å². The maximum Gasteiger partial charge on any atom is 0.129 e. The van der Waals surface area contributed by atoms with Gasteiger partial charge in [-0.2, -0.15) is 0 Å². The van der Waals surface area contributed by atoms with Crippen molar-refractivity contribution in [3.05, 3.63) is 29.1 Å². The molecule has 0 aliphatic rings. The van der Waals surface area contributed by atoms with Crippen LogP contribution in [0.5, 0.6) is 5.75 Å². The third kappa shape index (κ3) is 1.10. The van der Waals surface area contributed by atoms with Crippen molar-refractivity contribution in [3.8, 4) is 5.75 Å². The molecule has 0 aromatic heterocycles. The minimum Gasteiger partial charge on any atom is -0.508 e. The highest BCUT2D eigenvalue weighted by molar-refractivity contribution is 5.33. The van der Waals surface area contributed by atoms with Gasteiger partial charge in [-0.3, -0.25) is 0 Å². The van der Waals surface area contributed by atoms with E-state index < -0.39 is 0 Å². The molecule has 0 radical (unpaired) electrons. The molecular weight excluding hydrogens is 131 g/mol. The molecule has 0 amide bonds. The number of phenols is 1. The summed E-state index contributed by atoms with van der Waals surface area (Å²) in [4.78, 5) is 0. The monoisotopic (exact) mass is 140 g/mol. The molecule has 1 rings (SSSR count). The predicted molar refractivity (Wildman–Crippen MR) is 37.5 cm³/mol. The molecule has 0 saturated heterocycles. The molecule has 10 heavy (non-hydrogen) atoms. The van der Waals surface area contributed by atoms with Gasteiger partial charge in [0, 0.05) is 0 Å². The smallest absolute Gasteiger partial charge is 0.129 e. The van der Waals surface area contributed by atoms with Crippen molar-refractivity contribution in [2.24, 2.45) is 0 Å². The van der Waals surface area contributed by atoms with Gasteiger partial charge in [-0.25, -0.2) is 4.39 Å². The fourth-order valence-electron chi connectivity index (χ4n) is 0.923. The number of hydrogen-bond donors (Lipinski definition) is 1. The summed E-state index contributed by atoms with van der Waals surface area (Å²) in [7, 11) is 0. The summed E-state index contributed by atoms with van der Waals surface area (Å²) in [6, 6.07) is 2.81. The zero-order valence-corrected chi connectivity index (χ0v) is 5.98. The Balaban J connectivity index is 3.31. The van der Waals surface area contributed by atoms with Gasteiger partial charge in [0.1, 0.15) is 11.6 Å². The lowest BCUT2D eigenvalue weighted by atomic mass is 10.1. The molecule has 0 bridgehead atoms. The summed E-state index contributed by atoms with van der Waals surface area (Å²) < 4.78 is 12.8. The molecule has 2 heteroatoms. The summed E-state index contributed by atoms with van der Waals surface area (Å²) in [5.74, 6) is -0.116. The van der Waals surface area contributed by atoms with Crippen molar-refractivity contribution >= 4 is 0 Å². The molecule has 54 valence electrons. The van der Waals surface area contributed by atoms with Crippen LogP contribution in [0.25, 0.3) is 0 Å². The van der Waals surface area contributed by atoms with E-state index in [1.165, 1.54) is 12.1 Å². The van der Waals surface area contributed by atoms with Crippen molar-refractivity contribution in [3.63, 3.8) is 0 Å². The van der Waals surface area contributed by atoms with E-state index in [0.29, 0.717) is 11.1 Å². The SMILES string of the molecule is Cc1cc(O)cc(C)c1F. The van der Waals surface area contributed by atoms with Crippen LogP contribution in [0.3, 0.4) is 0 Å². The van der Waals surface area contributed by atoms with E-state index in [1.54, 1.807) is 13.8 Å². The molecule has 0 spiro atoms. The molecule has 0 aliphatic heterocycles. The van der Waals surface area contributed by atoms with E-state index in [0.717, 1.165) is 0 Å². The fourth-order valence-corrected chi connectivity index (χ4v) is 0.923. The van der Waals surface area contributed by atoms with Crippen LogP contribution in [0.2, 0.25) is 0 Å². The Morgan fingerprint density at radius 3 is 2.00 bits per heavy atom. The van der Waals surface area contributed by atoms with Gasteiger partial charge in [0.05, 0.1) is 0 Å². The summed E-state index contributed by atoms with van der Waals surface area (Å²) in [5.41, 5.74) is 0.968. The molecule has 0 heterocycles. The van der Waals surface area contributed by atoms with Gasteiger partial charge >= 0.3 is 0 Å². The van der Waals surface area contributed by atoms with Gasteiger partial charge in [0.2, 0.25) is 0 Å². The molecule has 0 unspecified atom stereocenters. The number of phenolic OH excluding ortho intramolecular Hbond substituents is 1. The first-order chi connectivity index (χ1) is 4.61. The molecular formula is C8H9FO. The molecule has 0 saturated carbocycles. The van der Waals surface area contributed by atoms with E-state index in [-0.39, 0.29) is 11.6 Å². The van der Waals surface area contributed by atoms with Crippen molar-refractivity contribution in [1.29, 1.82) is 0 Å². The second-order valence-electron chi connectivity index (χ2n) is 2.39. The third-order valence-corrected chi connectivity index (χ3v) is 1.42. The van der Waals surface area contributed by atoms with Crippen LogP contribution in [0.4, 0.5) is 4.39 Å². The zero-order valence-electron chi connectivity index (χ0n) is 5.98. The Bertz CT molecular complexity index is 232. The number of benzene rings is 1. The van der Waals surface area contributed by atoms with Gasteiger partial charge in [0.25, 0.3) is 0 Å². The Kier molecular flexibility index (Phi) is 1.62. The zero-order chi connectivity index (χ0) is 7.72. The highest BCUT2D eigenvalue weighted by atomic mass is 19.1. The maximum atomic E-state index is 12.8. The lowest BCUT2D eigenvalue weighted by Crippen LogP contribution is -1.85. The van der Waals surface area contributed by atoms with Crippen LogP contribution in [0.15, 0.2) is 12.1 Å². The second kappa shape index (κ2) is 2.29. The number of hydrogen-bond acceptors (Lipinski definition) is 1. The van der Waals surface area contributed by atoms with E-state index >= 15 is 0 Å². The molecule has 0 aliphatic carbocycles. The fraction of sp³-hybridized carbons (Fsp3) is 0.250. The highest BCUT2D eigenvalue weighted by Crippen LogP contribution is 2.18. The lowest BCUT2D eigenvalue weighted by molar-refractivity contribution is 0.471. The predicted octanol–water partition coefficient (Wildman–Crippen LogP) is 2.15. The largest absolute Gasteiger partial charge is 0.508 e. The number of halogens is 1. The minimum absolute atomic E-state index is 0.122. The Morgan fingerprint density at radius 2 is 1.60 bits per heavy atom. The van der Waals surface area contributed by atoms with E-state index in [9.17, 15) is 4.39 Å². The van der Waals surface area contributed by atoms with E-state index in [1.807, 2.05) is 0 Å². The normalized spacial score (nSPS) is 9.90. The standard InChI is InChI=1S/C8H9FO/c1-5-3-7(10)4-6(2)8(5)9/h3-4,10H,1-2H3. The van der Waals surface area contributed by atoms with Crippen LogP contribution in [0, 0.1) is 19.7 Å². The molecule has 1 aromatic carbocycles. The molecule has 1 aromatic rings. The second-order valence-corrected chi connectivity index (χ2v) is 2.39. The van der Waals surface area contributed by atoms with Gasteiger partial charge in [0.15, 0.2) is 0 Å². The number of aryl methyl sites for hydroxylation is 2. The molecule has 0 fully saturated rings. The first-order valence-corrected chi connectivity index (χ1v) is 3.07. The van der Waals surface area contributed by atoms with Crippen LogP contribution < -0.4 is 0 Å². The van der Waals surface area contributed by atoms with Crippen molar-refractivity contribution in [1.82, 2.24) is 0 Å². The molecule has 1 nitrogen and oxygen atoms in total. The number of aromatic hydroxyl groups is 1. The number of rotatable bonds is 0. The Hall–Kier alpha value is -1.05. The molecule has 1 N–H and O–H groups in total. The highest BCUT2D eigenvalue weighted by Gasteiger charge is 2.01. The lowest BCUT2D eigenvalue weighted by Gasteiger charge is -2.00. The average molecular weight is 140 g/mol. The van der Waals surface area contributed by atoms with Gasteiger partial charge in [-0.05, 0) is 37.1 Å². The van der Waals surface area contributed by atoms with Crippen molar-refractivity contribution in [2.75, 3.05) is 0 Å². The van der Waals surface area contributed by atoms with Gasteiger partial charge < -0.3 is 5.11 Å². The minimum atomic E-state index is -0.238. The van der Waals surface area contributed by atoms with Gasteiger partial charge in [-0.15, -0.1) is 0 Å². The summed E-state index contributed by atoms with van der Waals surface area (Å²) in [6.07, 6.45) is 0. The molecule has 0 atom stereocenters. The first kappa shape index (κ1) is 7.06. The van der Waals surface area contributed by atoms with E-state index in [2.05, 4.69) is 0 Å². The average Bonchev–Trinajstić information content (AvgIpc) is 1.82. The Morgan fingerprint density at radius 1 is 1.20 bits per heavy atom. The third-order valence-electron chi connectivity index (χ3n) is 1.42. The maximum absolute atomic E-state index is 12.8. The van der Waals surface area contributed by atoms with Crippen molar-refractivity contribution in [2.45, 2.75) is 13.8 Å². The Labute approximate surface area is 59.1 Å². The topological polar surface area (TPSA) is 20.2 Å². The van der Waals surface area contributed by atoms with Crippen molar-refractivity contribution < 1.29 is 9.50 Å². The van der Waals surface area contributed by atoms with Gasteiger partial charge in [-0.1, -0.05) is 0 Å². The summed E-state index contributed by atoms with van der Waals surface area (Å²) in [5, 5.41) is 8.95. The van der Waals surface area contributed by atoms with Crippen LogP contribution in [0.1, 0.15) is 11.1 Å². The quantitative estimate of drug-likeness (QED) is 0.585. The summed E-state index contributed by atoms with van der Waals surface area (Å²) >= 11 is 0. The van der Waals surface area contributed by atoms with E-state index in [4.69, 9.17) is 5.11 Å². The van der Waals surface area contributed by atoms with Crippen LogP contribution >= 0.6 is 0 Å².